The Morgan fingerprint density at radius 2 is 1.70 bits per heavy atom. The molecule has 112 valence electrons. The van der Waals surface area contributed by atoms with Crippen LogP contribution in [-0.4, -0.2) is 22.0 Å². The number of ether oxygens (including phenoxy) is 1. The van der Waals surface area contributed by atoms with E-state index < -0.39 is 0 Å². The Kier molecular flexibility index (Phi) is 3.13. The quantitative estimate of drug-likeness (QED) is 0.692. The van der Waals surface area contributed by atoms with Crippen LogP contribution >= 0.6 is 11.3 Å². The first-order valence-corrected chi connectivity index (χ1v) is 7.64. The molecule has 23 heavy (non-hydrogen) atoms. The zero-order valence-electron chi connectivity index (χ0n) is 11.7. The van der Waals surface area contributed by atoms with E-state index in [0.29, 0.717) is 27.8 Å². The summed E-state index contributed by atoms with van der Waals surface area (Å²) < 4.78 is 5.56. The van der Waals surface area contributed by atoms with Gasteiger partial charge >= 0.3 is 0 Å². The Morgan fingerprint density at radius 3 is 2.35 bits per heavy atom. The van der Waals surface area contributed by atoms with Crippen molar-refractivity contribution in [1.29, 1.82) is 0 Å². The topological polar surface area (TPSA) is 72.4 Å². The van der Waals surface area contributed by atoms with Crippen LogP contribution in [-0.2, 0) is 0 Å². The number of nitrogens with zero attached hydrogens (tertiary/aromatic N) is 3. The number of hydrogen-bond acceptors (Lipinski definition) is 6. The Morgan fingerprint density at radius 1 is 0.957 bits per heavy atom. The summed E-state index contributed by atoms with van der Waals surface area (Å²) in [5, 5.41) is 7.89. The summed E-state index contributed by atoms with van der Waals surface area (Å²) in [6, 6.07) is 13.5. The van der Waals surface area contributed by atoms with E-state index in [2.05, 4.69) is 10.2 Å². The smallest absolute Gasteiger partial charge is 0.299 e. The molecule has 1 aromatic heterocycles. The largest absolute Gasteiger partial charge is 0.430 e. The van der Waals surface area contributed by atoms with Crippen molar-refractivity contribution in [2.45, 2.75) is 0 Å². The van der Waals surface area contributed by atoms with Crippen LogP contribution in [0.3, 0.4) is 0 Å². The molecule has 0 N–H and O–H groups in total. The molecule has 3 aromatic rings. The van der Waals surface area contributed by atoms with Crippen molar-refractivity contribution in [1.82, 2.24) is 10.2 Å². The molecule has 0 aliphatic carbocycles. The molecule has 0 unspecified atom stereocenters. The van der Waals surface area contributed by atoms with Gasteiger partial charge in [0.2, 0.25) is 0 Å². The van der Waals surface area contributed by atoms with Crippen molar-refractivity contribution in [2.24, 2.45) is 0 Å². The Balaban J connectivity index is 1.69. The van der Waals surface area contributed by atoms with Crippen LogP contribution in [0.1, 0.15) is 20.7 Å². The van der Waals surface area contributed by atoms with Gasteiger partial charge in [0.25, 0.3) is 17.0 Å². The van der Waals surface area contributed by atoms with Crippen LogP contribution in [0.25, 0.3) is 0 Å². The molecular weight excluding hydrogens is 314 g/mol. The van der Waals surface area contributed by atoms with Gasteiger partial charge in [-0.05, 0) is 24.3 Å². The third-order valence-electron chi connectivity index (χ3n) is 3.42. The molecule has 6 nitrogen and oxygen atoms in total. The third kappa shape index (κ3) is 2.27. The molecule has 0 saturated carbocycles. The fourth-order valence-electron chi connectivity index (χ4n) is 2.42. The predicted octanol–water partition coefficient (Wildman–Crippen LogP) is 3.13. The molecule has 1 aliphatic rings. The van der Waals surface area contributed by atoms with Gasteiger partial charge in [-0.15, -0.1) is 5.10 Å². The maximum Gasteiger partial charge on any atom is 0.299 e. The number of amides is 2. The van der Waals surface area contributed by atoms with Crippen molar-refractivity contribution in [2.75, 3.05) is 4.90 Å². The van der Waals surface area contributed by atoms with E-state index in [-0.39, 0.29) is 11.8 Å². The minimum atomic E-state index is -0.335. The molecule has 0 atom stereocenters. The molecule has 0 bridgehead atoms. The molecule has 4 rings (SSSR count). The van der Waals surface area contributed by atoms with Crippen molar-refractivity contribution >= 4 is 28.8 Å². The van der Waals surface area contributed by atoms with Crippen LogP contribution < -0.4 is 9.64 Å². The summed E-state index contributed by atoms with van der Waals surface area (Å²) in [6.07, 6.45) is 0. The molecule has 0 radical (unpaired) electrons. The molecule has 2 heterocycles. The molecule has 2 aromatic carbocycles. The lowest BCUT2D eigenvalue weighted by Gasteiger charge is -2.14. The van der Waals surface area contributed by atoms with Gasteiger partial charge in [-0.25, -0.2) is 4.90 Å². The van der Waals surface area contributed by atoms with E-state index in [4.69, 9.17) is 4.74 Å². The van der Waals surface area contributed by atoms with Gasteiger partial charge in [-0.3, -0.25) is 9.59 Å². The Labute approximate surface area is 135 Å². The monoisotopic (exact) mass is 323 g/mol. The first-order chi connectivity index (χ1) is 11.2. The van der Waals surface area contributed by atoms with Crippen LogP contribution in [0.15, 0.2) is 54.0 Å². The zero-order chi connectivity index (χ0) is 15.8. The van der Waals surface area contributed by atoms with E-state index in [1.54, 1.807) is 54.0 Å². The number of hydrogen-bond donors (Lipinski definition) is 0. The minimum absolute atomic E-state index is 0.335. The Bertz CT molecular complexity index is 873. The SMILES string of the molecule is O=C1c2ccccc2C(=O)N1c1cccc(Oc2nncs2)c1. The van der Waals surface area contributed by atoms with Gasteiger partial charge in [0.05, 0.1) is 16.8 Å². The highest BCUT2D eigenvalue weighted by molar-refractivity contribution is 7.11. The number of imide groups is 1. The second kappa shape index (κ2) is 5.29. The lowest BCUT2D eigenvalue weighted by molar-refractivity contribution is 0.0926. The molecule has 2 amide bonds. The summed E-state index contributed by atoms with van der Waals surface area (Å²) in [4.78, 5) is 26.1. The number of aromatic nitrogens is 2. The van der Waals surface area contributed by atoms with Crippen molar-refractivity contribution < 1.29 is 14.3 Å². The lowest BCUT2D eigenvalue weighted by atomic mass is 10.1. The third-order valence-corrected chi connectivity index (χ3v) is 3.98. The van der Waals surface area contributed by atoms with Gasteiger partial charge in [0.1, 0.15) is 11.3 Å². The number of fused-ring (bicyclic) bond motifs is 1. The van der Waals surface area contributed by atoms with Crippen molar-refractivity contribution in [3.63, 3.8) is 0 Å². The normalized spacial score (nSPS) is 13.3. The second-order valence-corrected chi connectivity index (χ2v) is 5.59. The van der Waals surface area contributed by atoms with Gasteiger partial charge in [0.15, 0.2) is 0 Å². The first-order valence-electron chi connectivity index (χ1n) is 6.76. The summed E-state index contributed by atoms with van der Waals surface area (Å²) in [6.45, 7) is 0. The lowest BCUT2D eigenvalue weighted by Crippen LogP contribution is -2.29. The molecule has 0 saturated heterocycles. The highest BCUT2D eigenvalue weighted by Gasteiger charge is 2.36. The molecule has 0 spiro atoms. The van der Waals surface area contributed by atoms with Gasteiger partial charge in [-0.1, -0.05) is 34.6 Å². The molecule has 1 aliphatic heterocycles. The Hall–Kier alpha value is -3.06. The predicted molar refractivity (Wildman–Crippen MR) is 84.0 cm³/mol. The molecule has 0 fully saturated rings. The second-order valence-electron chi connectivity index (χ2n) is 4.80. The van der Waals surface area contributed by atoms with Crippen LogP contribution in [0.5, 0.6) is 10.9 Å². The van der Waals surface area contributed by atoms with E-state index in [1.165, 1.54) is 11.3 Å². The fourth-order valence-corrected chi connectivity index (χ4v) is 2.84. The van der Waals surface area contributed by atoms with E-state index in [1.807, 2.05) is 0 Å². The number of rotatable bonds is 3. The fraction of sp³-hybridized carbons (Fsp3) is 0. The standard InChI is InChI=1S/C16H9N3O3S/c20-14-12-6-1-2-7-13(12)15(21)19(14)10-4-3-5-11(8-10)22-16-18-17-9-23-16/h1-9H. The molecular formula is C16H9N3O3S. The van der Waals surface area contributed by atoms with Gasteiger partial charge < -0.3 is 4.74 Å². The number of carbonyl (C=O) groups is 2. The van der Waals surface area contributed by atoms with E-state index >= 15 is 0 Å². The van der Waals surface area contributed by atoms with Crippen LogP contribution in [0.4, 0.5) is 5.69 Å². The van der Waals surface area contributed by atoms with Crippen LogP contribution in [0, 0.1) is 0 Å². The van der Waals surface area contributed by atoms with E-state index in [9.17, 15) is 9.59 Å². The summed E-state index contributed by atoms with van der Waals surface area (Å²) in [7, 11) is 0. The first kappa shape index (κ1) is 13.6. The highest BCUT2D eigenvalue weighted by Crippen LogP contribution is 2.31. The summed E-state index contributed by atoms with van der Waals surface area (Å²) >= 11 is 1.25. The zero-order valence-corrected chi connectivity index (χ0v) is 12.5. The van der Waals surface area contributed by atoms with Gasteiger partial charge in [0, 0.05) is 6.07 Å². The summed E-state index contributed by atoms with van der Waals surface area (Å²) in [5.41, 5.74) is 2.84. The summed E-state index contributed by atoms with van der Waals surface area (Å²) in [5.74, 6) is -0.187. The van der Waals surface area contributed by atoms with Gasteiger partial charge in [-0.2, -0.15) is 0 Å². The minimum Gasteiger partial charge on any atom is -0.430 e. The average molecular weight is 323 g/mol. The van der Waals surface area contributed by atoms with Crippen molar-refractivity contribution in [3.8, 4) is 10.9 Å². The molecule has 7 heteroatoms. The number of benzene rings is 2. The average Bonchev–Trinajstić information content (AvgIpc) is 3.16. The number of anilines is 1. The number of carbonyl (C=O) groups excluding carboxylic acids is 2. The highest BCUT2D eigenvalue weighted by atomic mass is 32.1. The maximum atomic E-state index is 12.5. The van der Waals surface area contributed by atoms with E-state index in [0.717, 1.165) is 4.90 Å². The van der Waals surface area contributed by atoms with Crippen molar-refractivity contribution in [3.05, 3.63) is 65.2 Å². The van der Waals surface area contributed by atoms with Crippen LogP contribution in [0.2, 0.25) is 0 Å². The maximum absolute atomic E-state index is 12.5.